The Kier molecular flexibility index (Phi) is 3.99. The van der Waals surface area contributed by atoms with Crippen LogP contribution in [0.4, 0.5) is 10.5 Å². The number of thioether (sulfide) groups is 1. The lowest BCUT2D eigenvalue weighted by Gasteiger charge is -2.11. The van der Waals surface area contributed by atoms with Gasteiger partial charge >= 0.3 is 0 Å². The zero-order chi connectivity index (χ0) is 17.2. The van der Waals surface area contributed by atoms with E-state index in [0.29, 0.717) is 22.1 Å². The molecule has 0 bridgehead atoms. The van der Waals surface area contributed by atoms with Gasteiger partial charge in [0.25, 0.3) is 11.1 Å². The predicted molar refractivity (Wildman–Crippen MR) is 99.0 cm³/mol. The number of anilines is 1. The van der Waals surface area contributed by atoms with Gasteiger partial charge in [0.15, 0.2) is 0 Å². The highest BCUT2D eigenvalue weighted by atomic mass is 32.2. The van der Waals surface area contributed by atoms with Crippen molar-refractivity contribution in [1.82, 2.24) is 0 Å². The Bertz CT molecular complexity index is 961. The molecule has 1 fully saturated rings. The lowest BCUT2D eigenvalue weighted by atomic mass is 10.2. The van der Waals surface area contributed by atoms with Gasteiger partial charge in [-0.05, 0) is 36.0 Å². The van der Waals surface area contributed by atoms with Gasteiger partial charge in [-0.25, -0.2) is 4.90 Å². The number of furan rings is 1. The fourth-order valence-electron chi connectivity index (χ4n) is 2.58. The first kappa shape index (κ1) is 15.5. The summed E-state index contributed by atoms with van der Waals surface area (Å²) in [7, 11) is 0. The molecule has 122 valence electrons. The maximum absolute atomic E-state index is 12.6. The number of hydrogen-bond acceptors (Lipinski definition) is 4. The molecule has 4 rings (SSSR count). The van der Waals surface area contributed by atoms with E-state index in [9.17, 15) is 9.59 Å². The Morgan fingerprint density at radius 2 is 1.52 bits per heavy atom. The number of hydrogen-bond donors (Lipinski definition) is 0. The zero-order valence-electron chi connectivity index (χ0n) is 13.1. The molecule has 0 saturated carbocycles. The molecule has 3 aromatic rings. The van der Waals surface area contributed by atoms with Crippen molar-refractivity contribution < 1.29 is 14.0 Å². The third-order valence-corrected chi connectivity index (χ3v) is 4.64. The number of carbonyl (C=O) groups excluding carboxylic acids is 2. The summed E-state index contributed by atoms with van der Waals surface area (Å²) in [4.78, 5) is 26.3. The first-order chi connectivity index (χ1) is 12.2. The van der Waals surface area contributed by atoms with Crippen LogP contribution >= 0.6 is 11.8 Å². The zero-order valence-corrected chi connectivity index (χ0v) is 13.9. The number of benzene rings is 2. The minimum Gasteiger partial charge on any atom is -0.457 e. The van der Waals surface area contributed by atoms with Gasteiger partial charge in [-0.15, -0.1) is 0 Å². The van der Waals surface area contributed by atoms with Crippen LogP contribution in [0.5, 0.6) is 0 Å². The summed E-state index contributed by atoms with van der Waals surface area (Å²) in [6.45, 7) is 0. The van der Waals surface area contributed by atoms with Crippen LogP contribution in [-0.4, -0.2) is 11.1 Å². The minimum atomic E-state index is -0.334. The molecule has 0 radical (unpaired) electrons. The average Bonchev–Trinajstić information content (AvgIpc) is 3.22. The highest BCUT2D eigenvalue weighted by Gasteiger charge is 2.36. The standard InChI is InChI=1S/C20H13NO3S/c22-19-18(25-20(23)21(19)15-9-5-2-6-10-15)13-16-11-12-17(24-16)14-7-3-1-4-8-14/h1-13H/b18-13+. The molecule has 0 spiro atoms. The first-order valence-corrected chi connectivity index (χ1v) is 8.52. The number of carbonyl (C=O) groups is 2. The topological polar surface area (TPSA) is 50.5 Å². The largest absolute Gasteiger partial charge is 0.457 e. The summed E-state index contributed by atoms with van der Waals surface area (Å²) in [5, 5.41) is -0.308. The Morgan fingerprint density at radius 1 is 0.840 bits per heavy atom. The molecule has 0 unspecified atom stereocenters. The van der Waals surface area contributed by atoms with E-state index in [2.05, 4.69) is 0 Å². The van der Waals surface area contributed by atoms with Crippen molar-refractivity contribution in [1.29, 1.82) is 0 Å². The van der Waals surface area contributed by atoms with Crippen LogP contribution in [0.3, 0.4) is 0 Å². The maximum Gasteiger partial charge on any atom is 0.298 e. The van der Waals surface area contributed by atoms with Crippen LogP contribution in [-0.2, 0) is 4.79 Å². The van der Waals surface area contributed by atoms with Gasteiger partial charge in [0.2, 0.25) is 0 Å². The normalized spacial score (nSPS) is 16.0. The van der Waals surface area contributed by atoms with Gasteiger partial charge in [-0.1, -0.05) is 48.5 Å². The van der Waals surface area contributed by atoms with Crippen LogP contribution in [0.25, 0.3) is 17.4 Å². The van der Waals surface area contributed by atoms with Gasteiger partial charge in [0.1, 0.15) is 11.5 Å². The lowest BCUT2D eigenvalue weighted by Crippen LogP contribution is -2.27. The summed E-state index contributed by atoms with van der Waals surface area (Å²) >= 11 is 0.915. The Balaban J connectivity index is 1.62. The van der Waals surface area contributed by atoms with Crippen molar-refractivity contribution >= 4 is 34.7 Å². The molecule has 1 aliphatic rings. The Hall–Kier alpha value is -3.05. The fraction of sp³-hybridized carbons (Fsp3) is 0. The molecule has 1 aliphatic heterocycles. The summed E-state index contributed by atoms with van der Waals surface area (Å²) in [5.74, 6) is 0.922. The molecule has 1 aromatic heterocycles. The van der Waals surface area contributed by atoms with Crippen molar-refractivity contribution in [2.75, 3.05) is 4.90 Å². The van der Waals surface area contributed by atoms with Crippen molar-refractivity contribution in [2.24, 2.45) is 0 Å². The van der Waals surface area contributed by atoms with Gasteiger partial charge < -0.3 is 4.42 Å². The molecule has 2 aromatic carbocycles. The summed E-state index contributed by atoms with van der Waals surface area (Å²) in [5.41, 5.74) is 1.53. The third-order valence-electron chi connectivity index (χ3n) is 3.77. The van der Waals surface area contributed by atoms with Gasteiger partial charge in [-0.2, -0.15) is 0 Å². The first-order valence-electron chi connectivity index (χ1n) is 7.70. The molecule has 4 nitrogen and oxygen atoms in total. The molecule has 5 heteroatoms. The fourth-order valence-corrected chi connectivity index (χ4v) is 3.41. The highest BCUT2D eigenvalue weighted by Crippen LogP contribution is 2.36. The van der Waals surface area contributed by atoms with Crippen molar-refractivity contribution in [2.45, 2.75) is 0 Å². The molecule has 0 atom stereocenters. The monoisotopic (exact) mass is 347 g/mol. The summed E-state index contributed by atoms with van der Waals surface area (Å²) in [6.07, 6.45) is 1.61. The van der Waals surface area contributed by atoms with Gasteiger partial charge in [0, 0.05) is 11.6 Å². The lowest BCUT2D eigenvalue weighted by molar-refractivity contribution is -0.113. The van der Waals surface area contributed by atoms with E-state index < -0.39 is 0 Å². The molecule has 0 N–H and O–H groups in total. The van der Waals surface area contributed by atoms with Crippen LogP contribution in [0.15, 0.2) is 82.1 Å². The van der Waals surface area contributed by atoms with E-state index in [4.69, 9.17) is 4.42 Å². The van der Waals surface area contributed by atoms with Gasteiger partial charge in [0.05, 0.1) is 10.6 Å². The smallest absolute Gasteiger partial charge is 0.298 e. The summed E-state index contributed by atoms with van der Waals surface area (Å²) in [6, 6.07) is 22.2. The number of imide groups is 1. The van der Waals surface area contributed by atoms with E-state index in [1.807, 2.05) is 42.5 Å². The van der Waals surface area contributed by atoms with E-state index in [0.717, 1.165) is 17.3 Å². The second kappa shape index (κ2) is 6.45. The Labute approximate surface area is 148 Å². The van der Waals surface area contributed by atoms with E-state index >= 15 is 0 Å². The molecular formula is C20H13NO3S. The van der Waals surface area contributed by atoms with E-state index in [1.54, 1.807) is 36.4 Å². The number of nitrogens with zero attached hydrogens (tertiary/aromatic N) is 1. The highest BCUT2D eigenvalue weighted by molar-refractivity contribution is 8.19. The number of para-hydroxylation sites is 1. The number of rotatable bonds is 3. The van der Waals surface area contributed by atoms with Crippen LogP contribution in [0.1, 0.15) is 5.76 Å². The van der Waals surface area contributed by atoms with Crippen molar-refractivity contribution in [3.05, 3.63) is 83.5 Å². The van der Waals surface area contributed by atoms with E-state index in [-0.39, 0.29) is 11.1 Å². The van der Waals surface area contributed by atoms with Crippen molar-refractivity contribution in [3.8, 4) is 11.3 Å². The Morgan fingerprint density at radius 3 is 2.24 bits per heavy atom. The minimum absolute atomic E-state index is 0.308. The molecule has 2 amide bonds. The molecule has 25 heavy (non-hydrogen) atoms. The quantitative estimate of drug-likeness (QED) is 0.612. The van der Waals surface area contributed by atoms with Gasteiger partial charge in [-0.3, -0.25) is 9.59 Å². The number of amides is 2. The second-order valence-electron chi connectivity index (χ2n) is 5.42. The molecule has 0 aliphatic carbocycles. The van der Waals surface area contributed by atoms with Crippen molar-refractivity contribution in [3.63, 3.8) is 0 Å². The average molecular weight is 347 g/mol. The van der Waals surface area contributed by atoms with Crippen LogP contribution < -0.4 is 4.90 Å². The van der Waals surface area contributed by atoms with Crippen LogP contribution in [0, 0.1) is 0 Å². The second-order valence-corrected chi connectivity index (χ2v) is 6.41. The summed E-state index contributed by atoms with van der Waals surface area (Å²) < 4.78 is 5.78. The predicted octanol–water partition coefficient (Wildman–Crippen LogP) is 5.19. The molecule has 1 saturated heterocycles. The third kappa shape index (κ3) is 3.02. The SMILES string of the molecule is O=C1S/C(=C/c2ccc(-c3ccccc3)o2)C(=O)N1c1ccccc1. The van der Waals surface area contributed by atoms with E-state index in [1.165, 1.54) is 4.90 Å². The maximum atomic E-state index is 12.6. The van der Waals surface area contributed by atoms with Crippen LogP contribution in [0.2, 0.25) is 0 Å². The molecule has 2 heterocycles. The molecular weight excluding hydrogens is 334 g/mol.